The molecule has 0 aliphatic carbocycles. The smallest absolute Gasteiger partial charge is 0.292 e. The van der Waals surface area contributed by atoms with Crippen LogP contribution in [0.1, 0.15) is 12.0 Å². The second-order valence-electron chi connectivity index (χ2n) is 7.38. The summed E-state index contributed by atoms with van der Waals surface area (Å²) in [7, 11) is 0. The number of piperazine rings is 1. The summed E-state index contributed by atoms with van der Waals surface area (Å²) in [6.07, 6.45) is 0.251. The summed E-state index contributed by atoms with van der Waals surface area (Å²) in [5.74, 6) is -0.276. The van der Waals surface area contributed by atoms with Crippen LogP contribution in [0.4, 0.5) is 11.4 Å². The molecule has 146 valence electrons. The maximum Gasteiger partial charge on any atom is 0.292 e. The lowest BCUT2D eigenvalue weighted by atomic mass is 10.1. The molecule has 2 aromatic rings. The molecule has 5 nitrogen and oxygen atoms in total. The lowest BCUT2D eigenvalue weighted by Gasteiger charge is -2.35. The van der Waals surface area contributed by atoms with Crippen LogP contribution in [-0.2, 0) is 9.59 Å². The number of carbonyl (C=O) groups is 2. The SMILES string of the molecule is Cc1ccc(N2C(=O)C[C@H]([NH+]3CCN(c4ccc(Cl)cc4)CC3)C2=O)cc1Cl. The zero-order valence-corrected chi connectivity index (χ0v) is 17.1. The molecule has 28 heavy (non-hydrogen) atoms. The van der Waals surface area contributed by atoms with E-state index in [1.54, 1.807) is 12.1 Å². The van der Waals surface area contributed by atoms with E-state index in [2.05, 4.69) is 4.90 Å². The van der Waals surface area contributed by atoms with Gasteiger partial charge in [-0.25, -0.2) is 4.90 Å². The van der Waals surface area contributed by atoms with Crippen molar-refractivity contribution in [1.82, 2.24) is 0 Å². The highest BCUT2D eigenvalue weighted by Crippen LogP contribution is 2.27. The first-order chi connectivity index (χ1) is 13.4. The van der Waals surface area contributed by atoms with Crippen molar-refractivity contribution in [2.24, 2.45) is 0 Å². The number of imide groups is 1. The number of carbonyl (C=O) groups excluding carboxylic acids is 2. The monoisotopic (exact) mass is 418 g/mol. The van der Waals surface area contributed by atoms with E-state index in [1.807, 2.05) is 37.3 Å². The van der Waals surface area contributed by atoms with E-state index in [9.17, 15) is 9.59 Å². The number of rotatable bonds is 3. The number of aryl methyl sites for hydroxylation is 1. The first-order valence-electron chi connectivity index (χ1n) is 9.42. The summed E-state index contributed by atoms with van der Waals surface area (Å²) >= 11 is 12.2. The summed E-state index contributed by atoms with van der Waals surface area (Å²) in [5, 5.41) is 1.28. The van der Waals surface area contributed by atoms with Gasteiger partial charge in [0.05, 0.1) is 38.3 Å². The molecule has 2 fully saturated rings. The number of hydrogen-bond donors (Lipinski definition) is 1. The highest BCUT2D eigenvalue weighted by Gasteiger charge is 2.46. The van der Waals surface area contributed by atoms with Crippen molar-refractivity contribution in [3.05, 3.63) is 58.1 Å². The third-order valence-electron chi connectivity index (χ3n) is 5.65. The molecule has 0 bridgehead atoms. The van der Waals surface area contributed by atoms with Crippen LogP contribution in [0.5, 0.6) is 0 Å². The molecular weight excluding hydrogens is 397 g/mol. The minimum Gasteiger partial charge on any atom is -0.360 e. The minimum absolute atomic E-state index is 0.125. The van der Waals surface area contributed by atoms with E-state index in [1.165, 1.54) is 9.80 Å². The summed E-state index contributed by atoms with van der Waals surface area (Å²) in [4.78, 5) is 30.4. The predicted octanol–water partition coefficient (Wildman–Crippen LogP) is 2.34. The van der Waals surface area contributed by atoms with Gasteiger partial charge in [0.2, 0.25) is 5.91 Å². The molecule has 0 saturated carbocycles. The highest BCUT2D eigenvalue weighted by molar-refractivity contribution is 6.32. The fourth-order valence-corrected chi connectivity index (χ4v) is 4.30. The quantitative estimate of drug-likeness (QED) is 0.777. The summed E-state index contributed by atoms with van der Waals surface area (Å²) < 4.78 is 0. The topological polar surface area (TPSA) is 45.1 Å². The lowest BCUT2D eigenvalue weighted by Crippen LogP contribution is -3.19. The molecule has 2 aliphatic heterocycles. The van der Waals surface area contributed by atoms with Crippen molar-refractivity contribution in [2.45, 2.75) is 19.4 Å². The fourth-order valence-electron chi connectivity index (χ4n) is 4.00. The van der Waals surface area contributed by atoms with Crippen LogP contribution < -0.4 is 14.7 Å². The summed E-state index contributed by atoms with van der Waals surface area (Å²) in [6.45, 7) is 5.20. The normalized spacial score (nSPS) is 20.9. The van der Waals surface area contributed by atoms with Gasteiger partial charge in [0, 0.05) is 15.7 Å². The molecule has 2 amide bonds. The average molecular weight is 419 g/mol. The van der Waals surface area contributed by atoms with Gasteiger partial charge in [0.25, 0.3) is 5.91 Å². The van der Waals surface area contributed by atoms with Gasteiger partial charge < -0.3 is 9.80 Å². The van der Waals surface area contributed by atoms with Gasteiger partial charge in [0.15, 0.2) is 6.04 Å². The van der Waals surface area contributed by atoms with Gasteiger partial charge >= 0.3 is 0 Å². The summed E-state index contributed by atoms with van der Waals surface area (Å²) in [5.41, 5.74) is 2.62. The maximum atomic E-state index is 13.0. The van der Waals surface area contributed by atoms with Gasteiger partial charge in [-0.15, -0.1) is 0 Å². The number of amides is 2. The van der Waals surface area contributed by atoms with Gasteiger partial charge in [-0.2, -0.15) is 0 Å². The molecule has 2 aromatic carbocycles. The molecule has 1 N–H and O–H groups in total. The Hall–Kier alpha value is -2.08. The largest absolute Gasteiger partial charge is 0.360 e. The number of nitrogens with one attached hydrogen (secondary N) is 1. The molecule has 0 aromatic heterocycles. The Morgan fingerprint density at radius 2 is 1.61 bits per heavy atom. The van der Waals surface area contributed by atoms with E-state index in [0.717, 1.165) is 42.5 Å². The third-order valence-corrected chi connectivity index (χ3v) is 6.31. The Balaban J connectivity index is 1.44. The van der Waals surface area contributed by atoms with E-state index in [4.69, 9.17) is 23.2 Å². The standard InChI is InChI=1S/C21H21Cl2N3O2/c1-14-2-5-17(12-18(14)23)26-20(27)13-19(21(26)28)25-10-8-24(9-11-25)16-6-3-15(22)4-7-16/h2-7,12,19H,8-11,13H2,1H3/p+1/t19-/m0/s1. The van der Waals surface area contributed by atoms with E-state index < -0.39 is 0 Å². The molecule has 1 atom stereocenters. The van der Waals surface area contributed by atoms with Crippen LogP contribution in [0.15, 0.2) is 42.5 Å². The van der Waals surface area contributed by atoms with Crippen LogP contribution in [-0.4, -0.2) is 44.0 Å². The Morgan fingerprint density at radius 3 is 2.25 bits per heavy atom. The van der Waals surface area contributed by atoms with Crippen molar-refractivity contribution in [1.29, 1.82) is 0 Å². The Morgan fingerprint density at radius 1 is 0.964 bits per heavy atom. The third kappa shape index (κ3) is 3.62. The van der Waals surface area contributed by atoms with Gasteiger partial charge in [-0.05, 0) is 48.9 Å². The van der Waals surface area contributed by atoms with Crippen LogP contribution >= 0.6 is 23.2 Å². The number of benzene rings is 2. The molecule has 2 heterocycles. The molecule has 2 aliphatic rings. The first-order valence-corrected chi connectivity index (χ1v) is 10.2. The second kappa shape index (κ2) is 7.74. The minimum atomic E-state index is -0.319. The van der Waals surface area contributed by atoms with Crippen molar-refractivity contribution in [3.63, 3.8) is 0 Å². The van der Waals surface area contributed by atoms with E-state index >= 15 is 0 Å². The van der Waals surface area contributed by atoms with Crippen LogP contribution in [0.3, 0.4) is 0 Å². The molecular formula is C21H22Cl2N3O2+. The number of quaternary nitrogens is 1. The van der Waals surface area contributed by atoms with Gasteiger partial charge in [-0.1, -0.05) is 29.3 Å². The second-order valence-corrected chi connectivity index (χ2v) is 8.22. The number of hydrogen-bond acceptors (Lipinski definition) is 3. The Kier molecular flexibility index (Phi) is 5.32. The number of halogens is 2. The van der Waals surface area contributed by atoms with Crippen molar-refractivity contribution in [3.8, 4) is 0 Å². The molecule has 7 heteroatoms. The molecule has 0 radical (unpaired) electrons. The Bertz CT molecular complexity index is 908. The summed E-state index contributed by atoms with van der Waals surface area (Å²) in [6, 6.07) is 12.8. The Labute approximate surface area is 174 Å². The lowest BCUT2D eigenvalue weighted by molar-refractivity contribution is -0.915. The van der Waals surface area contributed by atoms with Crippen molar-refractivity contribution in [2.75, 3.05) is 36.0 Å². The van der Waals surface area contributed by atoms with Crippen LogP contribution in [0.2, 0.25) is 10.0 Å². The number of anilines is 2. The fraction of sp³-hybridized carbons (Fsp3) is 0.333. The van der Waals surface area contributed by atoms with Crippen molar-refractivity contribution >= 4 is 46.4 Å². The molecule has 4 rings (SSSR count). The highest BCUT2D eigenvalue weighted by atomic mass is 35.5. The molecule has 2 saturated heterocycles. The van der Waals surface area contributed by atoms with Crippen molar-refractivity contribution < 1.29 is 14.5 Å². The van der Waals surface area contributed by atoms with Crippen LogP contribution in [0, 0.1) is 6.92 Å². The zero-order valence-electron chi connectivity index (χ0n) is 15.6. The predicted molar refractivity (Wildman–Crippen MR) is 111 cm³/mol. The van der Waals surface area contributed by atoms with Crippen LogP contribution in [0.25, 0.3) is 0 Å². The van der Waals surface area contributed by atoms with E-state index in [0.29, 0.717) is 10.7 Å². The van der Waals surface area contributed by atoms with Gasteiger partial charge in [0.1, 0.15) is 0 Å². The zero-order chi connectivity index (χ0) is 19.8. The first kappa shape index (κ1) is 19.2. The number of nitrogens with zero attached hydrogens (tertiary/aromatic N) is 2. The molecule has 0 spiro atoms. The molecule has 0 unspecified atom stereocenters. The maximum absolute atomic E-state index is 13.0. The van der Waals surface area contributed by atoms with E-state index in [-0.39, 0.29) is 24.3 Å². The average Bonchev–Trinajstić information content (AvgIpc) is 2.99. The van der Waals surface area contributed by atoms with Gasteiger partial charge in [-0.3, -0.25) is 9.59 Å².